The summed E-state index contributed by atoms with van der Waals surface area (Å²) in [7, 11) is 1.80. The smallest absolute Gasteiger partial charge is 0.191 e. The van der Waals surface area contributed by atoms with Crippen molar-refractivity contribution in [3.05, 3.63) is 35.4 Å². The van der Waals surface area contributed by atoms with E-state index in [0.29, 0.717) is 0 Å². The molecule has 1 unspecified atom stereocenters. The molecule has 0 amide bonds. The van der Waals surface area contributed by atoms with Gasteiger partial charge in [-0.25, -0.2) is 0 Å². The summed E-state index contributed by atoms with van der Waals surface area (Å²) in [5, 5.41) is 6.71. The van der Waals surface area contributed by atoms with Gasteiger partial charge in [0.2, 0.25) is 0 Å². The summed E-state index contributed by atoms with van der Waals surface area (Å²) >= 11 is 0. The topological polar surface area (TPSA) is 45.7 Å². The quantitative estimate of drug-likeness (QED) is 0.462. The standard InChI is InChI=1S/C16H25N3O.HI/c1-13-7-4-5-8-14(13)11-18-15(17-3)19-12-16(2)9-6-10-20-16;/h4-5,7-8H,6,9-12H2,1-3H3,(H2,17,18,19);1H. The normalized spacial score (nSPS) is 21.8. The highest BCUT2D eigenvalue weighted by Crippen LogP contribution is 2.23. The van der Waals surface area contributed by atoms with Crippen LogP contribution in [0.15, 0.2) is 29.3 Å². The molecule has 118 valence electrons. The Balaban J connectivity index is 0.00000220. The van der Waals surface area contributed by atoms with E-state index in [0.717, 1.165) is 38.5 Å². The van der Waals surface area contributed by atoms with Crippen molar-refractivity contribution in [3.8, 4) is 0 Å². The van der Waals surface area contributed by atoms with Crippen LogP contribution < -0.4 is 10.6 Å². The number of nitrogens with one attached hydrogen (secondary N) is 2. The van der Waals surface area contributed by atoms with Gasteiger partial charge >= 0.3 is 0 Å². The van der Waals surface area contributed by atoms with E-state index in [1.54, 1.807) is 7.05 Å². The Labute approximate surface area is 144 Å². The lowest BCUT2D eigenvalue weighted by atomic mass is 10.0. The van der Waals surface area contributed by atoms with E-state index >= 15 is 0 Å². The maximum atomic E-state index is 5.77. The van der Waals surface area contributed by atoms with Crippen LogP contribution in [0.4, 0.5) is 0 Å². The second kappa shape index (κ2) is 8.58. The number of hydrogen-bond donors (Lipinski definition) is 2. The van der Waals surface area contributed by atoms with Crippen LogP contribution in [0.1, 0.15) is 30.9 Å². The van der Waals surface area contributed by atoms with Crippen molar-refractivity contribution in [2.45, 2.75) is 38.8 Å². The molecule has 1 atom stereocenters. The Bertz CT molecular complexity index is 470. The first-order valence-electron chi connectivity index (χ1n) is 7.26. The summed E-state index contributed by atoms with van der Waals surface area (Å²) in [6.07, 6.45) is 2.25. The van der Waals surface area contributed by atoms with Crippen LogP contribution in [-0.2, 0) is 11.3 Å². The van der Waals surface area contributed by atoms with E-state index < -0.39 is 0 Å². The van der Waals surface area contributed by atoms with Gasteiger partial charge in [0.15, 0.2) is 5.96 Å². The molecule has 2 N–H and O–H groups in total. The fourth-order valence-electron chi connectivity index (χ4n) is 2.45. The molecule has 1 aliphatic rings. The highest BCUT2D eigenvalue weighted by Gasteiger charge is 2.29. The first kappa shape index (κ1) is 18.2. The van der Waals surface area contributed by atoms with Crippen LogP contribution in [-0.4, -0.2) is 31.8 Å². The monoisotopic (exact) mass is 403 g/mol. The minimum atomic E-state index is -0.0553. The van der Waals surface area contributed by atoms with E-state index in [2.05, 4.69) is 53.7 Å². The molecule has 1 saturated heterocycles. The van der Waals surface area contributed by atoms with E-state index in [9.17, 15) is 0 Å². The zero-order chi connectivity index (χ0) is 14.4. The molecule has 5 heteroatoms. The average Bonchev–Trinajstić information content (AvgIpc) is 2.88. The predicted molar refractivity (Wildman–Crippen MR) is 98.4 cm³/mol. The Morgan fingerprint density at radius 1 is 1.33 bits per heavy atom. The molecule has 2 rings (SSSR count). The van der Waals surface area contributed by atoms with Crippen molar-refractivity contribution in [1.29, 1.82) is 0 Å². The molecule has 0 aromatic heterocycles. The fourth-order valence-corrected chi connectivity index (χ4v) is 2.45. The van der Waals surface area contributed by atoms with Gasteiger partial charge < -0.3 is 15.4 Å². The van der Waals surface area contributed by atoms with Gasteiger partial charge in [0, 0.05) is 26.7 Å². The van der Waals surface area contributed by atoms with Crippen molar-refractivity contribution >= 4 is 29.9 Å². The highest BCUT2D eigenvalue weighted by molar-refractivity contribution is 14.0. The molecular weight excluding hydrogens is 377 g/mol. The third-order valence-electron chi connectivity index (χ3n) is 3.86. The number of nitrogens with zero attached hydrogens (tertiary/aromatic N) is 1. The minimum absolute atomic E-state index is 0. The van der Waals surface area contributed by atoms with E-state index in [-0.39, 0.29) is 29.6 Å². The summed E-state index contributed by atoms with van der Waals surface area (Å²) in [6.45, 7) is 6.72. The number of hydrogen-bond acceptors (Lipinski definition) is 2. The Morgan fingerprint density at radius 3 is 2.71 bits per heavy atom. The third-order valence-corrected chi connectivity index (χ3v) is 3.86. The molecule has 1 aliphatic heterocycles. The molecule has 0 bridgehead atoms. The molecular formula is C16H26IN3O. The van der Waals surface area contributed by atoms with Gasteiger partial charge in [0.25, 0.3) is 0 Å². The summed E-state index contributed by atoms with van der Waals surface area (Å²) in [4.78, 5) is 4.26. The Kier molecular flexibility index (Phi) is 7.45. The zero-order valence-corrected chi connectivity index (χ0v) is 15.4. The first-order valence-corrected chi connectivity index (χ1v) is 7.26. The predicted octanol–water partition coefficient (Wildman–Crippen LogP) is 2.85. The van der Waals surface area contributed by atoms with Crippen molar-refractivity contribution < 1.29 is 4.74 Å². The lowest BCUT2D eigenvalue weighted by Crippen LogP contribution is -2.45. The number of aryl methyl sites for hydroxylation is 1. The third kappa shape index (κ3) is 5.47. The van der Waals surface area contributed by atoms with E-state index in [1.165, 1.54) is 11.1 Å². The van der Waals surface area contributed by atoms with Crippen LogP contribution in [0.5, 0.6) is 0 Å². The summed E-state index contributed by atoms with van der Waals surface area (Å²) in [5.41, 5.74) is 2.53. The number of aliphatic imine (C=N–C) groups is 1. The van der Waals surface area contributed by atoms with Gasteiger partial charge in [-0.05, 0) is 37.8 Å². The van der Waals surface area contributed by atoms with Crippen molar-refractivity contribution in [2.75, 3.05) is 20.2 Å². The lowest BCUT2D eigenvalue weighted by molar-refractivity contribution is 0.0243. The lowest BCUT2D eigenvalue weighted by Gasteiger charge is -2.24. The molecule has 1 heterocycles. The van der Waals surface area contributed by atoms with Crippen LogP contribution in [0.3, 0.4) is 0 Å². The maximum Gasteiger partial charge on any atom is 0.191 e. The molecule has 0 aliphatic carbocycles. The summed E-state index contributed by atoms with van der Waals surface area (Å²) in [5.74, 6) is 0.824. The van der Waals surface area contributed by atoms with Crippen molar-refractivity contribution in [1.82, 2.24) is 10.6 Å². The van der Waals surface area contributed by atoms with Gasteiger partial charge in [0.1, 0.15) is 0 Å². The molecule has 1 fully saturated rings. The molecule has 0 spiro atoms. The van der Waals surface area contributed by atoms with Gasteiger partial charge in [-0.2, -0.15) is 0 Å². The van der Waals surface area contributed by atoms with E-state index in [4.69, 9.17) is 4.74 Å². The van der Waals surface area contributed by atoms with Crippen LogP contribution in [0.25, 0.3) is 0 Å². The van der Waals surface area contributed by atoms with Crippen LogP contribution >= 0.6 is 24.0 Å². The van der Waals surface area contributed by atoms with E-state index in [1.807, 2.05) is 0 Å². The largest absolute Gasteiger partial charge is 0.373 e. The fraction of sp³-hybridized carbons (Fsp3) is 0.562. The second-order valence-corrected chi connectivity index (χ2v) is 5.61. The number of halogens is 1. The zero-order valence-electron chi connectivity index (χ0n) is 13.1. The Morgan fingerprint density at radius 2 is 2.10 bits per heavy atom. The van der Waals surface area contributed by atoms with Gasteiger partial charge in [-0.1, -0.05) is 24.3 Å². The SMILES string of the molecule is CN=C(NCc1ccccc1C)NCC1(C)CCCO1.I. The average molecular weight is 403 g/mol. The van der Waals surface area contributed by atoms with Gasteiger partial charge in [0.05, 0.1) is 5.60 Å². The second-order valence-electron chi connectivity index (χ2n) is 5.61. The molecule has 4 nitrogen and oxygen atoms in total. The number of ether oxygens (including phenoxy) is 1. The Hall–Kier alpha value is -0.820. The number of guanidine groups is 1. The summed E-state index contributed by atoms with van der Waals surface area (Å²) in [6, 6.07) is 8.38. The molecule has 1 aromatic rings. The van der Waals surface area contributed by atoms with Crippen molar-refractivity contribution in [2.24, 2.45) is 4.99 Å². The molecule has 0 radical (unpaired) electrons. The number of benzene rings is 1. The van der Waals surface area contributed by atoms with Gasteiger partial charge in [-0.15, -0.1) is 24.0 Å². The van der Waals surface area contributed by atoms with Crippen LogP contribution in [0.2, 0.25) is 0 Å². The molecule has 0 saturated carbocycles. The van der Waals surface area contributed by atoms with Gasteiger partial charge in [-0.3, -0.25) is 4.99 Å². The highest BCUT2D eigenvalue weighted by atomic mass is 127. The molecule has 1 aromatic carbocycles. The van der Waals surface area contributed by atoms with Crippen LogP contribution in [0, 0.1) is 6.92 Å². The molecule has 21 heavy (non-hydrogen) atoms. The maximum absolute atomic E-state index is 5.77. The first-order chi connectivity index (χ1) is 9.63. The van der Waals surface area contributed by atoms with Crippen molar-refractivity contribution in [3.63, 3.8) is 0 Å². The minimum Gasteiger partial charge on any atom is -0.373 e. The summed E-state index contributed by atoms with van der Waals surface area (Å²) < 4.78 is 5.77. The number of rotatable bonds is 4.